The number of nitrogens with one attached hydrogen (secondary N) is 1. The maximum absolute atomic E-state index is 13.5. The van der Waals surface area contributed by atoms with Crippen LogP contribution < -0.4 is 5.32 Å². The van der Waals surface area contributed by atoms with Crippen LogP contribution in [0.3, 0.4) is 0 Å². The third-order valence-electron chi connectivity index (χ3n) is 6.89. The summed E-state index contributed by atoms with van der Waals surface area (Å²) in [5.41, 5.74) is 0.837. The van der Waals surface area contributed by atoms with Crippen molar-refractivity contribution in [2.75, 3.05) is 13.1 Å². The molecule has 32 heavy (non-hydrogen) atoms. The molecule has 6 nitrogen and oxygen atoms in total. The predicted octanol–water partition coefficient (Wildman–Crippen LogP) is 3.89. The van der Waals surface area contributed by atoms with E-state index in [-0.39, 0.29) is 28.8 Å². The molecule has 5 rings (SSSR count). The zero-order chi connectivity index (χ0) is 22.3. The topological polar surface area (TPSA) is 82.5 Å². The lowest BCUT2D eigenvalue weighted by atomic mass is 9.67. The van der Waals surface area contributed by atoms with Crippen LogP contribution in [-0.4, -0.2) is 45.9 Å². The van der Waals surface area contributed by atoms with Crippen LogP contribution in [-0.2, 0) is 0 Å². The van der Waals surface area contributed by atoms with Gasteiger partial charge in [-0.2, -0.15) is 0 Å². The maximum atomic E-state index is 13.5. The molecule has 1 aromatic heterocycles. The first-order chi connectivity index (χ1) is 15.5. The molecule has 1 saturated heterocycles. The van der Waals surface area contributed by atoms with Gasteiger partial charge in [-0.15, -0.1) is 0 Å². The summed E-state index contributed by atoms with van der Waals surface area (Å²) in [4.78, 5) is 32.1. The highest BCUT2D eigenvalue weighted by atomic mass is 19.1. The lowest BCUT2D eigenvalue weighted by molar-refractivity contribution is 0.0685. The van der Waals surface area contributed by atoms with Crippen LogP contribution in [0.25, 0.3) is 10.8 Å². The van der Waals surface area contributed by atoms with Gasteiger partial charge in [-0.25, -0.2) is 4.39 Å². The number of halogens is 1. The van der Waals surface area contributed by atoms with Gasteiger partial charge in [0.05, 0.1) is 5.56 Å². The van der Waals surface area contributed by atoms with E-state index in [0.29, 0.717) is 18.7 Å². The summed E-state index contributed by atoms with van der Waals surface area (Å²) >= 11 is 0. The van der Waals surface area contributed by atoms with Gasteiger partial charge in [0.25, 0.3) is 11.8 Å². The van der Waals surface area contributed by atoms with E-state index in [9.17, 15) is 19.1 Å². The Hall–Kier alpha value is -3.48. The quantitative estimate of drug-likeness (QED) is 0.654. The fourth-order valence-corrected chi connectivity index (χ4v) is 5.04. The zero-order valence-electron chi connectivity index (χ0n) is 17.6. The minimum absolute atomic E-state index is 0.0914. The highest BCUT2D eigenvalue weighted by molar-refractivity contribution is 6.06. The Bertz CT molecular complexity index is 1200. The highest BCUT2D eigenvalue weighted by Crippen LogP contribution is 2.50. The van der Waals surface area contributed by atoms with Crippen LogP contribution in [0.4, 0.5) is 4.39 Å². The molecule has 3 aromatic rings. The molecule has 1 aliphatic heterocycles. The van der Waals surface area contributed by atoms with Crippen molar-refractivity contribution in [1.82, 2.24) is 15.2 Å². The second-order valence-electron chi connectivity index (χ2n) is 8.93. The van der Waals surface area contributed by atoms with Crippen LogP contribution in [0, 0.1) is 11.2 Å². The molecule has 1 spiro atoms. The van der Waals surface area contributed by atoms with E-state index >= 15 is 0 Å². The molecule has 2 heterocycles. The van der Waals surface area contributed by atoms with E-state index in [1.54, 1.807) is 17.3 Å². The van der Waals surface area contributed by atoms with Crippen LogP contribution in [0.2, 0.25) is 0 Å². The number of aromatic nitrogens is 1. The molecule has 2 aliphatic rings. The monoisotopic (exact) mass is 433 g/mol. The molecule has 1 aliphatic carbocycles. The second-order valence-corrected chi connectivity index (χ2v) is 8.93. The first kappa shape index (κ1) is 20.4. The summed E-state index contributed by atoms with van der Waals surface area (Å²) in [6, 6.07) is 11.1. The Balaban J connectivity index is 1.35. The van der Waals surface area contributed by atoms with Gasteiger partial charge >= 0.3 is 0 Å². The number of nitrogens with zero attached hydrogens (tertiary/aromatic N) is 2. The van der Waals surface area contributed by atoms with Crippen molar-refractivity contribution in [1.29, 1.82) is 0 Å². The minimum Gasteiger partial charge on any atom is -0.505 e. The average Bonchev–Trinajstić information content (AvgIpc) is 3.19. The normalized spacial score (nSPS) is 19.2. The molecule has 1 saturated carbocycles. The molecule has 1 atom stereocenters. The smallest absolute Gasteiger partial charge is 0.254 e. The minimum atomic E-state index is -0.758. The lowest BCUT2D eigenvalue weighted by Gasteiger charge is -2.37. The Labute approximate surface area is 185 Å². The van der Waals surface area contributed by atoms with Gasteiger partial charge in [-0.05, 0) is 48.3 Å². The number of phenols is 1. The van der Waals surface area contributed by atoms with Crippen molar-refractivity contribution in [3.05, 3.63) is 71.8 Å². The number of carbonyl (C=O) groups excluding carboxylic acids is 2. The Kier molecular flexibility index (Phi) is 5.04. The zero-order valence-corrected chi connectivity index (χ0v) is 17.6. The van der Waals surface area contributed by atoms with Crippen molar-refractivity contribution < 1.29 is 19.1 Å². The molecule has 7 heteroatoms. The first-order valence-electron chi connectivity index (χ1n) is 10.9. The summed E-state index contributed by atoms with van der Waals surface area (Å²) < 4.78 is 13.5. The van der Waals surface area contributed by atoms with Crippen LogP contribution in [0.15, 0.2) is 54.9 Å². The Morgan fingerprint density at radius 1 is 1.19 bits per heavy atom. The molecule has 1 unspecified atom stereocenters. The van der Waals surface area contributed by atoms with Crippen molar-refractivity contribution in [3.63, 3.8) is 0 Å². The van der Waals surface area contributed by atoms with E-state index in [2.05, 4.69) is 10.3 Å². The summed E-state index contributed by atoms with van der Waals surface area (Å²) in [6.07, 6.45) is 7.36. The summed E-state index contributed by atoms with van der Waals surface area (Å²) in [7, 11) is 0. The van der Waals surface area contributed by atoms with Gasteiger partial charge in [0, 0.05) is 42.5 Å². The maximum Gasteiger partial charge on any atom is 0.254 e. The van der Waals surface area contributed by atoms with E-state index in [0.717, 1.165) is 42.5 Å². The van der Waals surface area contributed by atoms with Gasteiger partial charge in [0.15, 0.2) is 11.6 Å². The highest BCUT2D eigenvalue weighted by Gasteiger charge is 2.49. The fourth-order valence-electron chi connectivity index (χ4n) is 5.04. The molecular weight excluding hydrogens is 409 g/mol. The van der Waals surface area contributed by atoms with Crippen molar-refractivity contribution >= 4 is 22.6 Å². The number of likely N-dealkylation sites (tertiary alicyclic amines) is 1. The molecule has 2 N–H and O–H groups in total. The SMILES string of the molecule is O=C(NCC1CC2(CCC2)CN1C(=O)c1ccc(F)c(O)c1)c1cncc2ccccc12. The van der Waals surface area contributed by atoms with Gasteiger partial charge in [-0.1, -0.05) is 30.7 Å². The number of amides is 2. The Morgan fingerprint density at radius 3 is 2.75 bits per heavy atom. The molecule has 2 fully saturated rings. The number of rotatable bonds is 4. The molecular formula is C25H24FN3O3. The average molecular weight is 433 g/mol. The predicted molar refractivity (Wildman–Crippen MR) is 118 cm³/mol. The summed E-state index contributed by atoms with van der Waals surface area (Å²) in [5.74, 6) is -1.78. The molecule has 2 aromatic carbocycles. The number of fused-ring (bicyclic) bond motifs is 1. The first-order valence-corrected chi connectivity index (χ1v) is 10.9. The number of benzene rings is 2. The van der Waals surface area contributed by atoms with Gasteiger partial charge < -0.3 is 15.3 Å². The number of pyridine rings is 1. The second kappa shape index (κ2) is 7.89. The number of hydrogen-bond acceptors (Lipinski definition) is 4. The van der Waals surface area contributed by atoms with Crippen LogP contribution >= 0.6 is 0 Å². The van der Waals surface area contributed by atoms with Gasteiger partial charge in [-0.3, -0.25) is 14.6 Å². The number of phenolic OH excluding ortho intramolecular Hbond substituents is 1. The van der Waals surface area contributed by atoms with E-state index in [4.69, 9.17) is 0 Å². The molecule has 2 amide bonds. The van der Waals surface area contributed by atoms with Crippen LogP contribution in [0.5, 0.6) is 5.75 Å². The van der Waals surface area contributed by atoms with Crippen LogP contribution in [0.1, 0.15) is 46.4 Å². The summed E-state index contributed by atoms with van der Waals surface area (Å²) in [5, 5.41) is 14.4. The van der Waals surface area contributed by atoms with Crippen molar-refractivity contribution in [3.8, 4) is 5.75 Å². The number of hydrogen-bond donors (Lipinski definition) is 2. The van der Waals surface area contributed by atoms with E-state index in [1.807, 2.05) is 24.3 Å². The van der Waals surface area contributed by atoms with E-state index < -0.39 is 11.6 Å². The van der Waals surface area contributed by atoms with Gasteiger partial charge in [0.1, 0.15) is 0 Å². The number of aromatic hydroxyl groups is 1. The standard InChI is InChI=1S/C25H24FN3O3/c26-21-7-6-16(10-22(21)30)24(32)29-15-25(8-3-9-25)11-18(29)13-28-23(31)20-14-27-12-17-4-1-2-5-19(17)20/h1-2,4-7,10,12,14,18,30H,3,8-9,11,13,15H2,(H,28,31). The largest absolute Gasteiger partial charge is 0.505 e. The summed E-state index contributed by atoms with van der Waals surface area (Å²) in [6.45, 7) is 0.934. The molecule has 164 valence electrons. The van der Waals surface area contributed by atoms with Crippen molar-refractivity contribution in [2.24, 2.45) is 5.41 Å². The number of carbonyl (C=O) groups is 2. The molecule has 0 radical (unpaired) electrons. The van der Waals surface area contributed by atoms with Gasteiger partial charge in [0.2, 0.25) is 0 Å². The molecule has 0 bridgehead atoms. The third-order valence-corrected chi connectivity index (χ3v) is 6.89. The third kappa shape index (κ3) is 3.57. The van der Waals surface area contributed by atoms with E-state index in [1.165, 1.54) is 12.1 Å². The lowest BCUT2D eigenvalue weighted by Crippen LogP contribution is -2.43. The van der Waals surface area contributed by atoms with Crippen molar-refractivity contribution in [2.45, 2.75) is 31.7 Å². The fraction of sp³-hybridized carbons (Fsp3) is 0.320. The Morgan fingerprint density at radius 2 is 2.00 bits per heavy atom.